The largest absolute Gasteiger partial charge is 0.369 e. The molecule has 0 spiro atoms. The Labute approximate surface area is 137 Å². The molecule has 0 saturated heterocycles. The quantitative estimate of drug-likeness (QED) is 0.795. The van der Waals surface area contributed by atoms with Crippen molar-refractivity contribution in [3.8, 4) is 0 Å². The maximum Gasteiger partial charge on any atom is 0.0810 e. The van der Waals surface area contributed by atoms with Crippen LogP contribution in [0.1, 0.15) is 45.1 Å². The van der Waals surface area contributed by atoms with Crippen LogP contribution >= 0.6 is 15.9 Å². The van der Waals surface area contributed by atoms with Crippen molar-refractivity contribution in [3.05, 3.63) is 34.3 Å². The molecule has 1 saturated carbocycles. The summed E-state index contributed by atoms with van der Waals surface area (Å²) in [6.07, 6.45) is 4.92. The molecule has 0 amide bonds. The van der Waals surface area contributed by atoms with Crippen LogP contribution in [-0.4, -0.2) is 19.2 Å². The van der Waals surface area contributed by atoms with Gasteiger partial charge in [0.1, 0.15) is 0 Å². The lowest BCUT2D eigenvalue weighted by Gasteiger charge is -2.41. The van der Waals surface area contributed by atoms with Crippen LogP contribution in [0.25, 0.3) is 0 Å². The highest BCUT2D eigenvalue weighted by Crippen LogP contribution is 2.38. The lowest BCUT2D eigenvalue weighted by Crippen LogP contribution is -2.45. The van der Waals surface area contributed by atoms with E-state index in [1.54, 1.807) is 0 Å². The standard InChI is InChI=1S/C18H28BrNO/c1-14(2)16-7-9-18(10-8-16,13-20-3)21-12-15-5-4-6-17(19)11-15/h4-6,11,14,16,20H,7-10,12-13H2,1-3H3. The molecule has 1 fully saturated rings. The number of ether oxygens (including phenoxy) is 1. The predicted octanol–water partition coefficient (Wildman–Crippen LogP) is 4.77. The average Bonchev–Trinajstić information content (AvgIpc) is 2.46. The van der Waals surface area contributed by atoms with Gasteiger partial charge in [0, 0.05) is 11.0 Å². The minimum Gasteiger partial charge on any atom is -0.369 e. The molecule has 1 aromatic rings. The molecule has 1 aliphatic carbocycles. The third-order valence-corrected chi connectivity index (χ3v) is 5.31. The molecule has 2 nitrogen and oxygen atoms in total. The van der Waals surface area contributed by atoms with Gasteiger partial charge in [0.15, 0.2) is 0 Å². The first-order chi connectivity index (χ1) is 10.0. The van der Waals surface area contributed by atoms with E-state index >= 15 is 0 Å². The van der Waals surface area contributed by atoms with Crippen LogP contribution in [0.5, 0.6) is 0 Å². The molecule has 2 rings (SSSR count). The van der Waals surface area contributed by atoms with Crippen LogP contribution < -0.4 is 5.32 Å². The Hall–Kier alpha value is -0.380. The van der Waals surface area contributed by atoms with E-state index in [1.807, 2.05) is 7.05 Å². The van der Waals surface area contributed by atoms with Gasteiger partial charge in [-0.25, -0.2) is 0 Å². The van der Waals surface area contributed by atoms with Crippen LogP contribution in [0.15, 0.2) is 28.7 Å². The van der Waals surface area contributed by atoms with Gasteiger partial charge in [-0.3, -0.25) is 0 Å². The summed E-state index contributed by atoms with van der Waals surface area (Å²) < 4.78 is 7.52. The Morgan fingerprint density at radius 2 is 2.05 bits per heavy atom. The van der Waals surface area contributed by atoms with Gasteiger partial charge in [-0.15, -0.1) is 0 Å². The normalized spacial score (nSPS) is 26.2. The van der Waals surface area contributed by atoms with Crippen molar-refractivity contribution in [1.29, 1.82) is 0 Å². The summed E-state index contributed by atoms with van der Waals surface area (Å²) in [5.74, 6) is 1.66. The number of halogens is 1. The van der Waals surface area contributed by atoms with Crippen LogP contribution in [0.4, 0.5) is 0 Å². The third kappa shape index (κ3) is 4.80. The molecule has 0 bridgehead atoms. The van der Waals surface area contributed by atoms with E-state index in [9.17, 15) is 0 Å². The number of hydrogen-bond acceptors (Lipinski definition) is 2. The lowest BCUT2D eigenvalue weighted by molar-refractivity contribution is -0.0880. The van der Waals surface area contributed by atoms with E-state index in [0.29, 0.717) is 6.61 Å². The van der Waals surface area contributed by atoms with Crippen molar-refractivity contribution in [3.63, 3.8) is 0 Å². The molecular weight excluding hydrogens is 326 g/mol. The summed E-state index contributed by atoms with van der Waals surface area (Å²) in [4.78, 5) is 0. The Morgan fingerprint density at radius 1 is 1.33 bits per heavy atom. The van der Waals surface area contributed by atoms with E-state index < -0.39 is 0 Å². The Balaban J connectivity index is 1.96. The highest BCUT2D eigenvalue weighted by molar-refractivity contribution is 9.10. The summed E-state index contributed by atoms with van der Waals surface area (Å²) in [5, 5.41) is 3.34. The lowest BCUT2D eigenvalue weighted by atomic mass is 9.74. The van der Waals surface area contributed by atoms with E-state index in [0.717, 1.165) is 22.9 Å². The molecule has 1 aliphatic rings. The van der Waals surface area contributed by atoms with Gasteiger partial charge in [0.25, 0.3) is 0 Å². The molecular formula is C18H28BrNO. The molecule has 0 aromatic heterocycles. The van der Waals surface area contributed by atoms with E-state index in [-0.39, 0.29) is 5.60 Å². The van der Waals surface area contributed by atoms with Crippen molar-refractivity contribution in [2.45, 2.75) is 51.7 Å². The molecule has 21 heavy (non-hydrogen) atoms. The van der Waals surface area contributed by atoms with Gasteiger partial charge < -0.3 is 10.1 Å². The van der Waals surface area contributed by atoms with Gasteiger partial charge in [-0.1, -0.05) is 41.9 Å². The average molecular weight is 354 g/mol. The van der Waals surface area contributed by atoms with Gasteiger partial charge >= 0.3 is 0 Å². The minimum atomic E-state index is 0.0163. The second-order valence-corrected chi connectivity index (χ2v) is 7.63. The van der Waals surface area contributed by atoms with Gasteiger partial charge in [-0.05, 0) is 62.3 Å². The minimum absolute atomic E-state index is 0.0163. The third-order valence-electron chi connectivity index (χ3n) is 4.82. The number of nitrogens with one attached hydrogen (secondary N) is 1. The Bertz CT molecular complexity index is 439. The van der Waals surface area contributed by atoms with Crippen molar-refractivity contribution in [2.24, 2.45) is 11.8 Å². The maximum atomic E-state index is 6.40. The topological polar surface area (TPSA) is 21.3 Å². The zero-order valence-electron chi connectivity index (χ0n) is 13.5. The van der Waals surface area contributed by atoms with Crippen LogP contribution in [0, 0.1) is 11.8 Å². The first-order valence-corrected chi connectivity index (χ1v) is 8.87. The molecule has 118 valence electrons. The van der Waals surface area contributed by atoms with Crippen LogP contribution in [-0.2, 0) is 11.3 Å². The molecule has 1 N–H and O–H groups in total. The second-order valence-electron chi connectivity index (χ2n) is 6.71. The SMILES string of the molecule is CNCC1(OCc2cccc(Br)c2)CCC(C(C)C)CC1. The summed E-state index contributed by atoms with van der Waals surface area (Å²) in [6.45, 7) is 6.34. The molecule has 0 radical (unpaired) electrons. The fourth-order valence-electron chi connectivity index (χ4n) is 3.39. The molecule has 3 heteroatoms. The van der Waals surface area contributed by atoms with Crippen molar-refractivity contribution < 1.29 is 4.74 Å². The van der Waals surface area contributed by atoms with Crippen LogP contribution in [0.3, 0.4) is 0 Å². The summed E-state index contributed by atoms with van der Waals surface area (Å²) >= 11 is 3.53. The number of benzene rings is 1. The van der Waals surface area contributed by atoms with E-state index in [2.05, 4.69) is 59.4 Å². The summed E-state index contributed by atoms with van der Waals surface area (Å²) in [7, 11) is 2.03. The highest BCUT2D eigenvalue weighted by atomic mass is 79.9. The molecule has 0 aliphatic heterocycles. The monoisotopic (exact) mass is 353 g/mol. The van der Waals surface area contributed by atoms with Crippen molar-refractivity contribution >= 4 is 15.9 Å². The highest BCUT2D eigenvalue weighted by Gasteiger charge is 2.36. The number of likely N-dealkylation sites (N-methyl/N-ethyl adjacent to an activating group) is 1. The molecule has 0 unspecified atom stereocenters. The predicted molar refractivity (Wildman–Crippen MR) is 92.4 cm³/mol. The van der Waals surface area contributed by atoms with Gasteiger partial charge in [-0.2, -0.15) is 0 Å². The van der Waals surface area contributed by atoms with Gasteiger partial charge in [0.2, 0.25) is 0 Å². The number of hydrogen-bond donors (Lipinski definition) is 1. The first-order valence-electron chi connectivity index (χ1n) is 8.08. The summed E-state index contributed by atoms with van der Waals surface area (Å²) in [6, 6.07) is 8.41. The van der Waals surface area contributed by atoms with Crippen LogP contribution in [0.2, 0.25) is 0 Å². The second kappa shape index (κ2) is 7.75. The fraction of sp³-hybridized carbons (Fsp3) is 0.667. The molecule has 0 atom stereocenters. The number of rotatable bonds is 6. The first kappa shape index (κ1) is 17.0. The molecule has 1 aromatic carbocycles. The maximum absolute atomic E-state index is 6.40. The molecule has 0 heterocycles. The summed E-state index contributed by atoms with van der Waals surface area (Å²) in [5.41, 5.74) is 1.26. The van der Waals surface area contributed by atoms with Gasteiger partial charge in [0.05, 0.1) is 12.2 Å². The van der Waals surface area contributed by atoms with Crippen molar-refractivity contribution in [2.75, 3.05) is 13.6 Å². The van der Waals surface area contributed by atoms with Crippen molar-refractivity contribution in [1.82, 2.24) is 5.32 Å². The van der Waals surface area contributed by atoms with E-state index in [4.69, 9.17) is 4.74 Å². The Morgan fingerprint density at radius 3 is 2.62 bits per heavy atom. The van der Waals surface area contributed by atoms with E-state index in [1.165, 1.54) is 31.2 Å². The fourth-order valence-corrected chi connectivity index (χ4v) is 3.84. The zero-order chi connectivity index (χ0) is 15.3. The Kier molecular flexibility index (Phi) is 6.27. The zero-order valence-corrected chi connectivity index (χ0v) is 15.1. The smallest absolute Gasteiger partial charge is 0.0810 e.